The average molecular weight is 470 g/mol. The highest BCUT2D eigenvalue weighted by molar-refractivity contribution is 7.21. The summed E-state index contributed by atoms with van der Waals surface area (Å²) < 4.78 is 1.83. The van der Waals surface area contributed by atoms with Gasteiger partial charge in [0.25, 0.3) is 5.91 Å². The van der Waals surface area contributed by atoms with Crippen LogP contribution < -0.4 is 10.6 Å². The highest BCUT2D eigenvalue weighted by atomic mass is 32.1. The van der Waals surface area contributed by atoms with Gasteiger partial charge in [-0.05, 0) is 35.9 Å². The summed E-state index contributed by atoms with van der Waals surface area (Å²) in [5.41, 5.74) is 4.71. The number of piperazine rings is 1. The van der Waals surface area contributed by atoms with Gasteiger partial charge in [0.15, 0.2) is 0 Å². The molecule has 0 saturated carbocycles. The normalized spacial score (nSPS) is 14.6. The van der Waals surface area contributed by atoms with E-state index in [1.54, 1.807) is 6.20 Å². The van der Waals surface area contributed by atoms with Crippen LogP contribution in [0.25, 0.3) is 26.6 Å². The lowest BCUT2D eigenvalue weighted by molar-refractivity contribution is 0.102. The van der Waals surface area contributed by atoms with Crippen molar-refractivity contribution < 1.29 is 4.79 Å². The molecule has 8 nitrogen and oxygen atoms in total. The number of carbonyl (C=O) groups excluding carboxylic acids is 1. The van der Waals surface area contributed by atoms with Gasteiger partial charge in [-0.25, -0.2) is 15.0 Å². The first-order valence-corrected chi connectivity index (χ1v) is 12.1. The molecule has 1 amide bonds. The molecule has 0 spiro atoms. The molecular formula is C25H23N7OS. The molecule has 5 heterocycles. The second kappa shape index (κ2) is 8.94. The summed E-state index contributed by atoms with van der Waals surface area (Å²) in [5, 5.41) is 7.23. The lowest BCUT2D eigenvalue weighted by Crippen LogP contribution is -2.42. The van der Waals surface area contributed by atoms with Crippen LogP contribution in [0.3, 0.4) is 0 Å². The highest BCUT2D eigenvalue weighted by Gasteiger charge is 2.17. The molecule has 34 heavy (non-hydrogen) atoms. The number of hydrogen-bond acceptors (Lipinski definition) is 7. The van der Waals surface area contributed by atoms with Crippen molar-refractivity contribution >= 4 is 38.9 Å². The van der Waals surface area contributed by atoms with Crippen LogP contribution in [0.15, 0.2) is 67.1 Å². The lowest BCUT2D eigenvalue weighted by Gasteiger charge is -2.26. The predicted octanol–water partition coefficient (Wildman–Crippen LogP) is 3.66. The van der Waals surface area contributed by atoms with Crippen LogP contribution in [0.1, 0.15) is 16.1 Å². The Hall–Kier alpha value is -3.66. The number of hydrogen-bond donors (Lipinski definition) is 2. The summed E-state index contributed by atoms with van der Waals surface area (Å²) in [6.07, 6.45) is 5.55. The third-order valence-corrected chi connectivity index (χ3v) is 6.93. The number of aromatic nitrogens is 4. The van der Waals surface area contributed by atoms with Crippen molar-refractivity contribution in [2.24, 2.45) is 0 Å². The van der Waals surface area contributed by atoms with E-state index in [-0.39, 0.29) is 5.91 Å². The number of carbonyl (C=O) groups is 1. The molecule has 6 rings (SSSR count). The van der Waals surface area contributed by atoms with Gasteiger partial charge in [0.05, 0.1) is 5.69 Å². The van der Waals surface area contributed by atoms with Crippen LogP contribution in [0.4, 0.5) is 5.69 Å². The maximum atomic E-state index is 12.9. The van der Waals surface area contributed by atoms with E-state index in [0.717, 1.165) is 59.3 Å². The van der Waals surface area contributed by atoms with Gasteiger partial charge in [-0.1, -0.05) is 29.5 Å². The number of imidazole rings is 1. The maximum absolute atomic E-state index is 12.9. The molecule has 9 heteroatoms. The molecule has 1 aromatic carbocycles. The number of benzene rings is 1. The number of nitrogens with zero attached hydrogens (tertiary/aromatic N) is 5. The van der Waals surface area contributed by atoms with Gasteiger partial charge >= 0.3 is 0 Å². The minimum absolute atomic E-state index is 0.256. The van der Waals surface area contributed by atoms with E-state index < -0.39 is 0 Å². The molecule has 170 valence electrons. The van der Waals surface area contributed by atoms with Crippen molar-refractivity contribution in [3.05, 3.63) is 78.4 Å². The van der Waals surface area contributed by atoms with E-state index in [0.29, 0.717) is 11.4 Å². The number of fused-ring (bicyclic) bond motifs is 2. The SMILES string of the molecule is O=C(Nc1ccccc1-c1nc2cc(CN3CCNCC3)cnc2s1)c1cn2ccccc2n1. The Labute approximate surface area is 200 Å². The predicted molar refractivity (Wildman–Crippen MR) is 134 cm³/mol. The number of nitrogens with one attached hydrogen (secondary N) is 2. The second-order valence-electron chi connectivity index (χ2n) is 8.30. The molecule has 0 radical (unpaired) electrons. The monoisotopic (exact) mass is 469 g/mol. The van der Waals surface area contributed by atoms with Crippen LogP contribution in [-0.4, -0.2) is 56.3 Å². The summed E-state index contributed by atoms with van der Waals surface area (Å²) in [7, 11) is 0. The van der Waals surface area contributed by atoms with Crippen LogP contribution in [0, 0.1) is 0 Å². The van der Waals surface area contributed by atoms with Gasteiger partial charge in [-0.15, -0.1) is 0 Å². The molecule has 1 aliphatic rings. The van der Waals surface area contributed by atoms with Crippen molar-refractivity contribution in [2.75, 3.05) is 31.5 Å². The minimum atomic E-state index is -0.256. The van der Waals surface area contributed by atoms with E-state index in [9.17, 15) is 4.79 Å². The van der Waals surface area contributed by atoms with Gasteiger partial charge < -0.3 is 15.0 Å². The highest BCUT2D eigenvalue weighted by Crippen LogP contribution is 2.34. The van der Waals surface area contributed by atoms with E-state index in [1.807, 2.05) is 59.3 Å². The van der Waals surface area contributed by atoms with Crippen LogP contribution in [0.2, 0.25) is 0 Å². The standard InChI is InChI=1S/C25H23N7OS/c33-23(21-16-32-10-4-3-7-22(32)28-21)29-19-6-2-1-5-18(19)24-30-20-13-17(14-27-25(20)34-24)15-31-11-8-26-9-12-31/h1-7,10,13-14,16,26H,8-9,11-12,15H2,(H,29,33). The zero-order valence-corrected chi connectivity index (χ0v) is 19.3. The Morgan fingerprint density at radius 1 is 1.09 bits per heavy atom. The van der Waals surface area contributed by atoms with Gasteiger partial charge in [-0.3, -0.25) is 9.69 Å². The fourth-order valence-electron chi connectivity index (χ4n) is 4.20. The van der Waals surface area contributed by atoms with Crippen LogP contribution in [0.5, 0.6) is 0 Å². The third kappa shape index (κ3) is 4.16. The maximum Gasteiger partial charge on any atom is 0.275 e. The Kier molecular flexibility index (Phi) is 5.50. The Balaban J connectivity index is 1.27. The largest absolute Gasteiger partial charge is 0.320 e. The summed E-state index contributed by atoms with van der Waals surface area (Å²) >= 11 is 1.53. The minimum Gasteiger partial charge on any atom is -0.320 e. The molecule has 4 aromatic heterocycles. The van der Waals surface area contributed by atoms with Gasteiger partial charge in [0.2, 0.25) is 0 Å². The van der Waals surface area contributed by atoms with Crippen LogP contribution in [-0.2, 0) is 6.54 Å². The fourth-order valence-corrected chi connectivity index (χ4v) is 5.13. The Morgan fingerprint density at radius 3 is 2.82 bits per heavy atom. The molecule has 1 saturated heterocycles. The van der Waals surface area contributed by atoms with Gasteiger partial charge in [0, 0.05) is 56.9 Å². The zero-order chi connectivity index (χ0) is 22.9. The molecule has 1 aliphatic heterocycles. The lowest BCUT2D eigenvalue weighted by atomic mass is 10.2. The summed E-state index contributed by atoms with van der Waals surface area (Å²) in [6, 6.07) is 15.5. The number of thiazole rings is 1. The van der Waals surface area contributed by atoms with E-state index >= 15 is 0 Å². The first kappa shape index (κ1) is 20.9. The van der Waals surface area contributed by atoms with Crippen molar-refractivity contribution in [3.8, 4) is 10.6 Å². The molecule has 0 unspecified atom stereocenters. The van der Waals surface area contributed by atoms with Crippen molar-refractivity contribution in [3.63, 3.8) is 0 Å². The summed E-state index contributed by atoms with van der Waals surface area (Å²) in [4.78, 5) is 30.2. The Morgan fingerprint density at radius 2 is 1.94 bits per heavy atom. The molecular weight excluding hydrogens is 446 g/mol. The first-order chi connectivity index (χ1) is 16.7. The van der Waals surface area contributed by atoms with E-state index in [2.05, 4.69) is 31.6 Å². The molecule has 5 aromatic rings. The molecule has 0 atom stereocenters. The molecule has 2 N–H and O–H groups in total. The van der Waals surface area contributed by atoms with Crippen LogP contribution >= 0.6 is 11.3 Å². The fraction of sp³-hybridized carbons (Fsp3) is 0.200. The van der Waals surface area contributed by atoms with Gasteiger partial charge in [0.1, 0.15) is 26.7 Å². The van der Waals surface area contributed by atoms with Crippen molar-refractivity contribution in [1.29, 1.82) is 0 Å². The van der Waals surface area contributed by atoms with Gasteiger partial charge in [-0.2, -0.15) is 0 Å². The number of rotatable bonds is 5. The molecule has 0 bridgehead atoms. The summed E-state index contributed by atoms with van der Waals surface area (Å²) in [6.45, 7) is 5.00. The number of amides is 1. The van der Waals surface area contributed by atoms with E-state index in [1.165, 1.54) is 16.9 Å². The topological polar surface area (TPSA) is 87.5 Å². The van der Waals surface area contributed by atoms with Crippen molar-refractivity contribution in [1.82, 2.24) is 29.6 Å². The smallest absolute Gasteiger partial charge is 0.275 e. The number of pyridine rings is 2. The Bertz CT molecular complexity index is 1450. The van der Waals surface area contributed by atoms with Crippen molar-refractivity contribution in [2.45, 2.75) is 6.54 Å². The zero-order valence-electron chi connectivity index (χ0n) is 18.4. The number of para-hydroxylation sites is 1. The summed E-state index contributed by atoms with van der Waals surface area (Å²) in [5.74, 6) is -0.256. The first-order valence-electron chi connectivity index (χ1n) is 11.3. The third-order valence-electron chi connectivity index (χ3n) is 5.92. The number of anilines is 1. The molecule has 0 aliphatic carbocycles. The average Bonchev–Trinajstić information content (AvgIpc) is 3.49. The molecule has 1 fully saturated rings. The quantitative estimate of drug-likeness (QED) is 0.409. The van der Waals surface area contributed by atoms with E-state index in [4.69, 9.17) is 4.98 Å². The second-order valence-corrected chi connectivity index (χ2v) is 9.28.